The minimum Gasteiger partial charge on any atom is -0.462 e. The first-order valence-electron chi connectivity index (χ1n) is 5.74. The third kappa shape index (κ3) is 4.01. The van der Waals surface area contributed by atoms with Crippen molar-refractivity contribution in [1.29, 1.82) is 0 Å². The van der Waals surface area contributed by atoms with Crippen molar-refractivity contribution in [2.75, 3.05) is 24.2 Å². The van der Waals surface area contributed by atoms with E-state index in [9.17, 15) is 22.4 Å². The minimum absolute atomic E-state index is 0.0133. The predicted molar refractivity (Wildman–Crippen MR) is 66.3 cm³/mol. The van der Waals surface area contributed by atoms with E-state index in [2.05, 4.69) is 5.32 Å². The normalized spacial score (nSPS) is 11.5. The fourth-order valence-corrected chi connectivity index (χ4v) is 1.36. The quantitative estimate of drug-likeness (QED) is 0.481. The highest BCUT2D eigenvalue weighted by atomic mass is 19.3. The van der Waals surface area contributed by atoms with Crippen molar-refractivity contribution >= 4 is 17.3 Å². The van der Waals surface area contributed by atoms with Crippen LogP contribution in [0.5, 0.6) is 0 Å². The van der Waals surface area contributed by atoms with E-state index in [0.29, 0.717) is 0 Å². The lowest BCUT2D eigenvalue weighted by Crippen LogP contribution is -2.35. The van der Waals surface area contributed by atoms with E-state index >= 15 is 0 Å². The topological polar surface area (TPSA) is 64.3 Å². The number of carbonyl (C=O) groups is 1. The molecule has 0 saturated carbocycles. The summed E-state index contributed by atoms with van der Waals surface area (Å²) in [5.41, 5.74) is 5.73. The average molecular weight is 294 g/mol. The number of halogens is 4. The molecular formula is C12H14F4N2O2. The third-order valence-corrected chi connectivity index (χ3v) is 2.40. The zero-order chi connectivity index (χ0) is 15.3. The van der Waals surface area contributed by atoms with Gasteiger partial charge in [0.25, 0.3) is 0 Å². The maximum atomic E-state index is 12.7. The van der Waals surface area contributed by atoms with Crippen molar-refractivity contribution in [1.82, 2.24) is 0 Å². The van der Waals surface area contributed by atoms with Gasteiger partial charge in [-0.25, -0.2) is 13.6 Å². The molecule has 0 bridgehead atoms. The molecule has 0 aromatic heterocycles. The van der Waals surface area contributed by atoms with Crippen LogP contribution in [0.1, 0.15) is 17.3 Å². The summed E-state index contributed by atoms with van der Waals surface area (Å²) >= 11 is 0. The van der Waals surface area contributed by atoms with E-state index < -0.39 is 24.9 Å². The molecule has 3 N–H and O–H groups in total. The summed E-state index contributed by atoms with van der Waals surface area (Å²) in [6.07, 6.45) is -3.77. The van der Waals surface area contributed by atoms with Crippen LogP contribution in [0.2, 0.25) is 0 Å². The lowest BCUT2D eigenvalue weighted by Gasteiger charge is -2.17. The molecule has 0 heterocycles. The second-order valence-electron chi connectivity index (χ2n) is 3.94. The summed E-state index contributed by atoms with van der Waals surface area (Å²) in [5.74, 6) is -4.77. The number of hydrogen-bond acceptors (Lipinski definition) is 4. The first-order valence-corrected chi connectivity index (χ1v) is 5.74. The van der Waals surface area contributed by atoms with Gasteiger partial charge in [-0.2, -0.15) is 8.78 Å². The third-order valence-electron chi connectivity index (χ3n) is 2.40. The average Bonchev–Trinajstić information content (AvgIpc) is 2.37. The van der Waals surface area contributed by atoms with Crippen LogP contribution in [-0.2, 0) is 4.74 Å². The number of anilines is 2. The fourth-order valence-electron chi connectivity index (χ4n) is 1.36. The van der Waals surface area contributed by atoms with Crippen molar-refractivity contribution in [3.05, 3.63) is 23.8 Å². The Bertz CT molecular complexity index is 481. The smallest absolute Gasteiger partial charge is 0.338 e. The van der Waals surface area contributed by atoms with Gasteiger partial charge in [0, 0.05) is 0 Å². The molecule has 0 aliphatic carbocycles. The van der Waals surface area contributed by atoms with Crippen LogP contribution in [0.3, 0.4) is 0 Å². The van der Waals surface area contributed by atoms with Gasteiger partial charge in [-0.05, 0) is 25.1 Å². The molecule has 0 atom stereocenters. The maximum absolute atomic E-state index is 12.7. The second kappa shape index (κ2) is 6.44. The van der Waals surface area contributed by atoms with Crippen LogP contribution in [-0.4, -0.2) is 31.5 Å². The summed E-state index contributed by atoms with van der Waals surface area (Å²) in [6, 6.07) is 3.78. The van der Waals surface area contributed by atoms with E-state index in [-0.39, 0.29) is 23.5 Å². The molecule has 0 aliphatic rings. The van der Waals surface area contributed by atoms with E-state index in [1.807, 2.05) is 0 Å². The Kier molecular flexibility index (Phi) is 5.18. The van der Waals surface area contributed by atoms with Crippen molar-refractivity contribution in [2.45, 2.75) is 19.3 Å². The van der Waals surface area contributed by atoms with Crippen LogP contribution in [0.4, 0.5) is 28.9 Å². The van der Waals surface area contributed by atoms with E-state index in [1.54, 1.807) is 6.92 Å². The van der Waals surface area contributed by atoms with Gasteiger partial charge in [-0.3, -0.25) is 0 Å². The Labute approximate surface area is 112 Å². The Balaban J connectivity index is 2.77. The number of nitrogen functional groups attached to an aromatic ring is 1. The zero-order valence-corrected chi connectivity index (χ0v) is 10.6. The van der Waals surface area contributed by atoms with Gasteiger partial charge in [0.2, 0.25) is 0 Å². The summed E-state index contributed by atoms with van der Waals surface area (Å²) in [5, 5.41) is 2.13. The van der Waals surface area contributed by atoms with Gasteiger partial charge in [0.05, 0.1) is 30.1 Å². The number of nitrogens with two attached hydrogens (primary N) is 1. The molecule has 1 rings (SSSR count). The van der Waals surface area contributed by atoms with Gasteiger partial charge in [0.1, 0.15) is 0 Å². The highest BCUT2D eigenvalue weighted by Crippen LogP contribution is 2.26. The Morgan fingerprint density at radius 2 is 2.10 bits per heavy atom. The molecule has 0 radical (unpaired) electrons. The number of rotatable bonds is 6. The largest absolute Gasteiger partial charge is 0.462 e. The molecule has 4 nitrogen and oxygen atoms in total. The molecule has 0 unspecified atom stereocenters. The molecule has 0 fully saturated rings. The number of carbonyl (C=O) groups excluding carboxylic acids is 1. The summed E-state index contributed by atoms with van der Waals surface area (Å²) in [7, 11) is 0. The van der Waals surface area contributed by atoms with E-state index in [0.717, 1.165) is 0 Å². The van der Waals surface area contributed by atoms with Gasteiger partial charge < -0.3 is 15.8 Å². The highest BCUT2D eigenvalue weighted by molar-refractivity contribution is 5.91. The first kappa shape index (κ1) is 16.1. The Morgan fingerprint density at radius 3 is 2.60 bits per heavy atom. The van der Waals surface area contributed by atoms with E-state index in [4.69, 9.17) is 10.5 Å². The number of benzene rings is 1. The summed E-state index contributed by atoms with van der Waals surface area (Å²) in [6.45, 7) is 0.552. The number of esters is 1. The monoisotopic (exact) mass is 294 g/mol. The van der Waals surface area contributed by atoms with Crippen LogP contribution in [0, 0.1) is 0 Å². The molecule has 112 valence electrons. The number of alkyl halides is 4. The van der Waals surface area contributed by atoms with Crippen LogP contribution < -0.4 is 11.1 Å². The number of nitrogens with one attached hydrogen (secondary N) is 1. The fraction of sp³-hybridized carbons (Fsp3) is 0.417. The van der Waals surface area contributed by atoms with Gasteiger partial charge >= 0.3 is 18.3 Å². The lowest BCUT2D eigenvalue weighted by atomic mass is 10.1. The second-order valence-corrected chi connectivity index (χ2v) is 3.94. The maximum Gasteiger partial charge on any atom is 0.338 e. The van der Waals surface area contributed by atoms with E-state index in [1.165, 1.54) is 18.2 Å². The summed E-state index contributed by atoms with van der Waals surface area (Å²) in [4.78, 5) is 11.4. The molecule has 20 heavy (non-hydrogen) atoms. The highest BCUT2D eigenvalue weighted by Gasteiger charge is 2.40. The predicted octanol–water partition coefficient (Wildman–Crippen LogP) is 2.76. The van der Waals surface area contributed by atoms with Gasteiger partial charge in [-0.1, -0.05) is 0 Å². The lowest BCUT2D eigenvalue weighted by molar-refractivity contribution is -0.117. The minimum atomic E-state index is -4.16. The van der Waals surface area contributed by atoms with Crippen molar-refractivity contribution in [3.8, 4) is 0 Å². The Hall–Kier alpha value is -1.99. The molecule has 0 saturated heterocycles. The van der Waals surface area contributed by atoms with Crippen molar-refractivity contribution < 1.29 is 27.1 Å². The molecule has 8 heteroatoms. The Morgan fingerprint density at radius 1 is 1.45 bits per heavy atom. The van der Waals surface area contributed by atoms with Crippen LogP contribution in [0.15, 0.2) is 18.2 Å². The standard InChI is InChI=1S/C12H14F4N2O2/c1-2-20-10(19)7-3-4-9(8(17)5-7)18-6-12(15,16)11(13)14/h3-5,11,18H,2,6,17H2,1H3. The van der Waals surface area contributed by atoms with Gasteiger partial charge in [0.15, 0.2) is 0 Å². The number of ether oxygens (including phenoxy) is 1. The summed E-state index contributed by atoms with van der Waals surface area (Å²) < 4.78 is 54.2. The van der Waals surface area contributed by atoms with Gasteiger partial charge in [-0.15, -0.1) is 0 Å². The molecule has 0 spiro atoms. The van der Waals surface area contributed by atoms with Crippen LogP contribution >= 0.6 is 0 Å². The van der Waals surface area contributed by atoms with Crippen molar-refractivity contribution in [3.63, 3.8) is 0 Å². The molecule has 1 aromatic rings. The van der Waals surface area contributed by atoms with Crippen LogP contribution in [0.25, 0.3) is 0 Å². The van der Waals surface area contributed by atoms with Crippen molar-refractivity contribution in [2.24, 2.45) is 0 Å². The zero-order valence-electron chi connectivity index (χ0n) is 10.6. The first-order chi connectivity index (χ1) is 9.27. The number of hydrogen-bond donors (Lipinski definition) is 2. The molecule has 0 amide bonds. The molecule has 0 aliphatic heterocycles. The molecule has 1 aromatic carbocycles. The molecular weight excluding hydrogens is 280 g/mol. The SMILES string of the molecule is CCOC(=O)c1ccc(NCC(F)(F)C(F)F)c(N)c1.